The van der Waals surface area contributed by atoms with Crippen molar-refractivity contribution >= 4 is 17.0 Å². The third kappa shape index (κ3) is 3.60. The molecule has 0 fully saturated rings. The van der Waals surface area contributed by atoms with Crippen molar-refractivity contribution in [1.82, 2.24) is 10.3 Å². The molecule has 0 radical (unpaired) electrons. The van der Waals surface area contributed by atoms with E-state index in [4.69, 9.17) is 9.15 Å². The minimum absolute atomic E-state index is 0.0195. The number of rotatable bonds is 2. The van der Waals surface area contributed by atoms with Gasteiger partial charge in [0.15, 0.2) is 0 Å². The normalized spacial score (nSPS) is 13.0. The molecule has 0 saturated heterocycles. The van der Waals surface area contributed by atoms with Crippen LogP contribution < -0.4 is 10.9 Å². The maximum Gasteiger partial charge on any atom is 0.408 e. The first-order chi connectivity index (χ1) is 10.2. The first-order valence-electron chi connectivity index (χ1n) is 6.76. The van der Waals surface area contributed by atoms with Crippen molar-refractivity contribution in [3.63, 3.8) is 0 Å². The zero-order valence-corrected chi connectivity index (χ0v) is 12.8. The highest BCUT2D eigenvalue weighted by Gasteiger charge is 2.21. The Bertz CT molecular complexity index is 764. The van der Waals surface area contributed by atoms with Gasteiger partial charge in [-0.1, -0.05) is 6.07 Å². The molecular weight excluding hydrogens is 291 g/mol. The van der Waals surface area contributed by atoms with Gasteiger partial charge in [0.05, 0.1) is 5.52 Å². The molecule has 2 aromatic rings. The van der Waals surface area contributed by atoms with Crippen molar-refractivity contribution in [3.05, 3.63) is 40.3 Å². The highest BCUT2D eigenvalue weighted by molar-refractivity contribution is 5.77. The number of halogens is 1. The number of nitrogens with one attached hydrogen (secondary N) is 1. The molecular formula is C15H17FN2O4. The number of ether oxygens (including phenoxy) is 1. The van der Waals surface area contributed by atoms with Crippen LogP contribution in [0.1, 0.15) is 39.6 Å². The van der Waals surface area contributed by atoms with Gasteiger partial charge in [0, 0.05) is 0 Å². The predicted octanol–water partition coefficient (Wildman–Crippen LogP) is 2.91. The zero-order chi connectivity index (χ0) is 16.5. The molecule has 118 valence electrons. The van der Waals surface area contributed by atoms with Crippen LogP contribution in [0.2, 0.25) is 0 Å². The fourth-order valence-electron chi connectivity index (χ4n) is 1.83. The summed E-state index contributed by atoms with van der Waals surface area (Å²) < 4.78 is 23.7. The SMILES string of the molecule is CC(NC(=O)OC(C)(C)C)c1nc2cccc(F)c2c(=O)o1. The maximum atomic E-state index is 13.6. The Morgan fingerprint density at radius 2 is 2.09 bits per heavy atom. The summed E-state index contributed by atoms with van der Waals surface area (Å²) in [6.45, 7) is 6.78. The standard InChI is InChI=1S/C15H17FN2O4/c1-8(17-14(20)22-15(2,3)4)12-18-10-7-5-6-9(16)11(10)13(19)21-12/h5-8H,1-4H3,(H,17,20). The van der Waals surface area contributed by atoms with Crippen LogP contribution in [0, 0.1) is 5.82 Å². The number of alkyl carbamates (subject to hydrolysis) is 1. The van der Waals surface area contributed by atoms with E-state index in [0.717, 1.165) is 6.07 Å². The Kier molecular flexibility index (Phi) is 4.16. The Morgan fingerprint density at radius 3 is 2.73 bits per heavy atom. The van der Waals surface area contributed by atoms with Crippen LogP contribution in [0.3, 0.4) is 0 Å². The van der Waals surface area contributed by atoms with Gasteiger partial charge in [0.1, 0.15) is 22.8 Å². The van der Waals surface area contributed by atoms with Crippen molar-refractivity contribution < 1.29 is 18.3 Å². The molecule has 1 heterocycles. The highest BCUT2D eigenvalue weighted by atomic mass is 19.1. The van der Waals surface area contributed by atoms with Crippen LogP contribution in [-0.4, -0.2) is 16.7 Å². The van der Waals surface area contributed by atoms with Gasteiger partial charge >= 0.3 is 11.7 Å². The van der Waals surface area contributed by atoms with Crippen molar-refractivity contribution in [1.29, 1.82) is 0 Å². The third-order valence-corrected chi connectivity index (χ3v) is 2.73. The van der Waals surface area contributed by atoms with Gasteiger partial charge in [0.2, 0.25) is 5.89 Å². The summed E-state index contributed by atoms with van der Waals surface area (Å²) in [4.78, 5) is 27.6. The second-order valence-corrected chi connectivity index (χ2v) is 5.84. The van der Waals surface area contributed by atoms with Crippen LogP contribution in [0.25, 0.3) is 10.9 Å². The Balaban J connectivity index is 2.28. The van der Waals surface area contributed by atoms with Gasteiger partial charge in [-0.2, -0.15) is 0 Å². The lowest BCUT2D eigenvalue weighted by molar-refractivity contribution is 0.0499. The summed E-state index contributed by atoms with van der Waals surface area (Å²) in [6.07, 6.45) is -0.663. The van der Waals surface area contributed by atoms with E-state index in [-0.39, 0.29) is 16.8 Å². The van der Waals surface area contributed by atoms with Crippen LogP contribution in [0.5, 0.6) is 0 Å². The Labute approximate surface area is 126 Å². The quantitative estimate of drug-likeness (QED) is 0.922. The topological polar surface area (TPSA) is 81.4 Å². The molecule has 1 aromatic heterocycles. The molecule has 0 aliphatic heterocycles. The molecule has 1 aromatic carbocycles. The number of hydrogen-bond donors (Lipinski definition) is 1. The molecule has 6 nitrogen and oxygen atoms in total. The minimum atomic E-state index is -0.837. The first kappa shape index (κ1) is 15.9. The molecule has 0 bridgehead atoms. The molecule has 0 aliphatic carbocycles. The largest absolute Gasteiger partial charge is 0.444 e. The summed E-state index contributed by atoms with van der Waals surface area (Å²) in [5, 5.41) is 2.30. The molecule has 0 aliphatic rings. The molecule has 1 amide bonds. The van der Waals surface area contributed by atoms with Gasteiger partial charge in [-0.05, 0) is 39.8 Å². The molecule has 22 heavy (non-hydrogen) atoms. The molecule has 0 spiro atoms. The number of hydrogen-bond acceptors (Lipinski definition) is 5. The number of benzene rings is 1. The first-order valence-corrected chi connectivity index (χ1v) is 6.76. The summed E-state index contributed by atoms with van der Waals surface area (Å²) >= 11 is 0. The fraction of sp³-hybridized carbons (Fsp3) is 0.400. The van der Waals surface area contributed by atoms with E-state index in [0.29, 0.717) is 0 Å². The van der Waals surface area contributed by atoms with Gasteiger partial charge in [0.25, 0.3) is 0 Å². The minimum Gasteiger partial charge on any atom is -0.444 e. The second kappa shape index (κ2) is 5.75. The lowest BCUT2D eigenvalue weighted by Crippen LogP contribution is -2.34. The molecule has 0 saturated carbocycles. The summed E-state index contributed by atoms with van der Waals surface area (Å²) in [5.74, 6) is -0.716. The van der Waals surface area contributed by atoms with Crippen LogP contribution in [-0.2, 0) is 4.74 Å². The average molecular weight is 308 g/mol. The summed E-state index contributed by atoms with van der Waals surface area (Å²) in [6, 6.07) is 3.40. The molecule has 1 unspecified atom stereocenters. The number of aromatic nitrogens is 1. The zero-order valence-electron chi connectivity index (χ0n) is 12.8. The van der Waals surface area contributed by atoms with Crippen molar-refractivity contribution in [2.75, 3.05) is 0 Å². The fourth-order valence-corrected chi connectivity index (χ4v) is 1.83. The predicted molar refractivity (Wildman–Crippen MR) is 78.0 cm³/mol. The van der Waals surface area contributed by atoms with Crippen LogP contribution in [0.4, 0.5) is 9.18 Å². The number of carbonyl (C=O) groups is 1. The van der Waals surface area contributed by atoms with E-state index in [2.05, 4.69) is 10.3 Å². The Hall–Kier alpha value is -2.44. The monoisotopic (exact) mass is 308 g/mol. The van der Waals surface area contributed by atoms with Gasteiger partial charge in [-0.3, -0.25) is 0 Å². The number of nitrogens with zero attached hydrogens (tertiary/aromatic N) is 1. The number of carbonyl (C=O) groups excluding carboxylic acids is 1. The Morgan fingerprint density at radius 1 is 1.41 bits per heavy atom. The number of fused-ring (bicyclic) bond motifs is 1. The van der Waals surface area contributed by atoms with Crippen molar-refractivity contribution in [2.45, 2.75) is 39.3 Å². The van der Waals surface area contributed by atoms with Gasteiger partial charge in [-0.15, -0.1) is 0 Å². The maximum absolute atomic E-state index is 13.6. The van der Waals surface area contributed by atoms with E-state index >= 15 is 0 Å². The third-order valence-electron chi connectivity index (χ3n) is 2.73. The summed E-state index contributed by atoms with van der Waals surface area (Å²) in [5.41, 5.74) is -1.31. The molecule has 7 heteroatoms. The number of amides is 1. The van der Waals surface area contributed by atoms with Gasteiger partial charge < -0.3 is 14.5 Å². The lowest BCUT2D eigenvalue weighted by Gasteiger charge is -2.21. The van der Waals surface area contributed by atoms with Crippen molar-refractivity contribution in [2.24, 2.45) is 0 Å². The second-order valence-electron chi connectivity index (χ2n) is 5.84. The van der Waals surface area contributed by atoms with E-state index in [1.807, 2.05) is 0 Å². The average Bonchev–Trinajstić information content (AvgIpc) is 2.35. The van der Waals surface area contributed by atoms with E-state index in [1.54, 1.807) is 27.7 Å². The van der Waals surface area contributed by atoms with Gasteiger partial charge in [-0.25, -0.2) is 19.0 Å². The molecule has 1 N–H and O–H groups in total. The van der Waals surface area contributed by atoms with E-state index < -0.39 is 29.2 Å². The van der Waals surface area contributed by atoms with Crippen molar-refractivity contribution in [3.8, 4) is 0 Å². The summed E-state index contributed by atoms with van der Waals surface area (Å²) in [7, 11) is 0. The lowest BCUT2D eigenvalue weighted by atomic mass is 10.2. The molecule has 2 rings (SSSR count). The van der Waals surface area contributed by atoms with E-state index in [9.17, 15) is 14.0 Å². The highest BCUT2D eigenvalue weighted by Crippen LogP contribution is 2.16. The van der Waals surface area contributed by atoms with Crippen LogP contribution >= 0.6 is 0 Å². The molecule has 1 atom stereocenters. The smallest absolute Gasteiger partial charge is 0.408 e. The van der Waals surface area contributed by atoms with E-state index in [1.165, 1.54) is 12.1 Å². The van der Waals surface area contributed by atoms with Crippen LogP contribution in [0.15, 0.2) is 27.4 Å².